The molecule has 9 heteroatoms. The van der Waals surface area contributed by atoms with Crippen LogP contribution in [0.2, 0.25) is 0 Å². The van der Waals surface area contributed by atoms with Crippen molar-refractivity contribution < 1.29 is 24.3 Å². The molecule has 1 atom stereocenters. The third-order valence-corrected chi connectivity index (χ3v) is 3.34. The van der Waals surface area contributed by atoms with Crippen LogP contribution in [0.5, 0.6) is 5.75 Å². The number of hydrogen-bond donors (Lipinski definition) is 2. The molecule has 1 aromatic rings. The molecule has 1 amide bonds. The molecule has 0 spiro atoms. The molecule has 1 aliphatic heterocycles. The number of anilines is 1. The zero-order valence-electron chi connectivity index (χ0n) is 12.0. The highest BCUT2D eigenvalue weighted by molar-refractivity contribution is 5.70. The summed E-state index contributed by atoms with van der Waals surface area (Å²) in [6.45, 7) is 1.07. The van der Waals surface area contributed by atoms with Crippen LogP contribution in [0.4, 0.5) is 16.2 Å². The van der Waals surface area contributed by atoms with E-state index in [9.17, 15) is 14.9 Å². The standard InChI is InChI=1S/C13H17N3O6/c1-21-11-4-2-3-10(16(19)20)12(11)14-7-9-8-15(13(17)18)5-6-22-9/h2-4,9,14H,5-8H2,1H3,(H,17,18). The normalized spacial score (nSPS) is 17.9. The number of nitro groups is 1. The summed E-state index contributed by atoms with van der Waals surface area (Å²) >= 11 is 0. The molecule has 22 heavy (non-hydrogen) atoms. The van der Waals surface area contributed by atoms with Gasteiger partial charge in [0.15, 0.2) is 5.69 Å². The van der Waals surface area contributed by atoms with E-state index in [-0.39, 0.29) is 30.6 Å². The van der Waals surface area contributed by atoms with Crippen LogP contribution in [-0.4, -0.2) is 60.5 Å². The monoisotopic (exact) mass is 311 g/mol. The second kappa shape index (κ2) is 6.94. The van der Waals surface area contributed by atoms with E-state index in [1.54, 1.807) is 6.07 Å². The van der Waals surface area contributed by atoms with Crippen molar-refractivity contribution in [3.8, 4) is 5.75 Å². The summed E-state index contributed by atoms with van der Waals surface area (Å²) in [5.74, 6) is 0.347. The second-order valence-electron chi connectivity index (χ2n) is 4.71. The molecule has 1 heterocycles. The Morgan fingerprint density at radius 2 is 2.41 bits per heavy atom. The van der Waals surface area contributed by atoms with Crippen LogP contribution in [0.3, 0.4) is 0 Å². The number of para-hydroxylation sites is 1. The van der Waals surface area contributed by atoms with E-state index in [0.29, 0.717) is 18.9 Å². The number of ether oxygens (including phenoxy) is 2. The number of nitro benzene ring substituents is 1. The first-order chi connectivity index (χ1) is 10.5. The maximum Gasteiger partial charge on any atom is 0.407 e. The molecule has 2 rings (SSSR count). The lowest BCUT2D eigenvalue weighted by Crippen LogP contribution is -2.47. The highest BCUT2D eigenvalue weighted by Gasteiger charge is 2.25. The smallest absolute Gasteiger partial charge is 0.407 e. The largest absolute Gasteiger partial charge is 0.494 e. The third-order valence-electron chi connectivity index (χ3n) is 3.34. The quantitative estimate of drug-likeness (QED) is 0.624. The molecule has 120 valence electrons. The van der Waals surface area contributed by atoms with Crippen LogP contribution in [-0.2, 0) is 4.74 Å². The molecule has 0 radical (unpaired) electrons. The second-order valence-corrected chi connectivity index (χ2v) is 4.71. The number of hydrogen-bond acceptors (Lipinski definition) is 6. The number of benzene rings is 1. The number of nitrogens with one attached hydrogen (secondary N) is 1. The van der Waals surface area contributed by atoms with Gasteiger partial charge < -0.3 is 24.8 Å². The number of rotatable bonds is 5. The fourth-order valence-electron chi connectivity index (χ4n) is 2.25. The first kappa shape index (κ1) is 15.8. The number of methoxy groups -OCH3 is 1. The van der Waals surface area contributed by atoms with Crippen molar-refractivity contribution in [3.63, 3.8) is 0 Å². The number of amides is 1. The molecule has 1 unspecified atom stereocenters. The van der Waals surface area contributed by atoms with Gasteiger partial charge in [-0.3, -0.25) is 10.1 Å². The van der Waals surface area contributed by atoms with Gasteiger partial charge in [0, 0.05) is 19.2 Å². The Morgan fingerprint density at radius 3 is 3.05 bits per heavy atom. The average Bonchev–Trinajstić information content (AvgIpc) is 2.52. The van der Waals surface area contributed by atoms with Crippen LogP contribution in [0, 0.1) is 10.1 Å². The van der Waals surface area contributed by atoms with Gasteiger partial charge in [-0.2, -0.15) is 0 Å². The Morgan fingerprint density at radius 1 is 1.64 bits per heavy atom. The van der Waals surface area contributed by atoms with Crippen LogP contribution in [0.15, 0.2) is 18.2 Å². The fourth-order valence-corrected chi connectivity index (χ4v) is 2.25. The van der Waals surface area contributed by atoms with E-state index in [0.717, 1.165) is 0 Å². The molecule has 1 aliphatic rings. The Labute approximate surface area is 126 Å². The Bertz CT molecular complexity index is 565. The van der Waals surface area contributed by atoms with E-state index in [1.165, 1.54) is 24.1 Å². The highest BCUT2D eigenvalue weighted by Crippen LogP contribution is 2.33. The third kappa shape index (κ3) is 3.55. The van der Waals surface area contributed by atoms with Crippen molar-refractivity contribution >= 4 is 17.5 Å². The van der Waals surface area contributed by atoms with Gasteiger partial charge in [-0.1, -0.05) is 6.07 Å². The number of morpholine rings is 1. The van der Waals surface area contributed by atoms with Crippen molar-refractivity contribution in [3.05, 3.63) is 28.3 Å². The molecule has 0 aromatic heterocycles. The van der Waals surface area contributed by atoms with Crippen molar-refractivity contribution in [2.75, 3.05) is 38.7 Å². The SMILES string of the molecule is COc1cccc([N+](=O)[O-])c1NCC1CN(C(=O)O)CCO1. The fraction of sp³-hybridized carbons (Fsp3) is 0.462. The first-order valence-corrected chi connectivity index (χ1v) is 6.67. The Hall–Kier alpha value is -2.55. The summed E-state index contributed by atoms with van der Waals surface area (Å²) in [6.07, 6.45) is -1.38. The molecule has 0 saturated carbocycles. The average molecular weight is 311 g/mol. The van der Waals surface area contributed by atoms with Crippen molar-refractivity contribution in [1.82, 2.24) is 4.90 Å². The lowest BCUT2D eigenvalue weighted by Gasteiger charge is -2.31. The first-order valence-electron chi connectivity index (χ1n) is 6.67. The van der Waals surface area contributed by atoms with E-state index in [1.807, 2.05) is 0 Å². The zero-order valence-corrected chi connectivity index (χ0v) is 12.0. The van der Waals surface area contributed by atoms with Gasteiger partial charge in [-0.25, -0.2) is 4.79 Å². The summed E-state index contributed by atoms with van der Waals surface area (Å²) in [6, 6.07) is 4.52. The van der Waals surface area contributed by atoms with E-state index < -0.39 is 11.0 Å². The van der Waals surface area contributed by atoms with E-state index in [4.69, 9.17) is 14.6 Å². The molecule has 1 saturated heterocycles. The lowest BCUT2D eigenvalue weighted by molar-refractivity contribution is -0.384. The minimum Gasteiger partial charge on any atom is -0.494 e. The van der Waals surface area contributed by atoms with Gasteiger partial charge in [0.05, 0.1) is 31.3 Å². The lowest BCUT2D eigenvalue weighted by atomic mass is 10.2. The zero-order chi connectivity index (χ0) is 16.1. The molecular formula is C13H17N3O6. The molecule has 1 aromatic carbocycles. The van der Waals surface area contributed by atoms with Crippen molar-refractivity contribution in [2.45, 2.75) is 6.10 Å². The van der Waals surface area contributed by atoms with Gasteiger partial charge >= 0.3 is 6.09 Å². The number of carboxylic acid groups (broad SMARTS) is 1. The molecule has 0 bridgehead atoms. The van der Waals surface area contributed by atoms with E-state index >= 15 is 0 Å². The molecule has 0 aliphatic carbocycles. The molecule has 9 nitrogen and oxygen atoms in total. The van der Waals surface area contributed by atoms with Crippen LogP contribution in [0.1, 0.15) is 0 Å². The summed E-state index contributed by atoms with van der Waals surface area (Å²) in [4.78, 5) is 22.8. The number of carbonyl (C=O) groups is 1. The highest BCUT2D eigenvalue weighted by atomic mass is 16.6. The maximum absolute atomic E-state index is 11.1. The van der Waals surface area contributed by atoms with Crippen LogP contribution in [0.25, 0.3) is 0 Å². The molecular weight excluding hydrogens is 294 g/mol. The van der Waals surface area contributed by atoms with Crippen LogP contribution < -0.4 is 10.1 Å². The summed E-state index contributed by atoms with van der Waals surface area (Å²) in [5.41, 5.74) is 0.149. The predicted molar refractivity (Wildman–Crippen MR) is 77.5 cm³/mol. The predicted octanol–water partition coefficient (Wildman–Crippen LogP) is 1.39. The topological polar surface area (TPSA) is 114 Å². The van der Waals surface area contributed by atoms with Gasteiger partial charge in [0.2, 0.25) is 0 Å². The van der Waals surface area contributed by atoms with Gasteiger partial charge in [-0.05, 0) is 6.07 Å². The van der Waals surface area contributed by atoms with E-state index in [2.05, 4.69) is 5.32 Å². The minimum atomic E-state index is -1.00. The summed E-state index contributed by atoms with van der Waals surface area (Å²) in [5, 5.41) is 23.0. The van der Waals surface area contributed by atoms with Gasteiger partial charge in [0.1, 0.15) is 5.75 Å². The Balaban J connectivity index is 2.08. The van der Waals surface area contributed by atoms with Gasteiger partial charge in [-0.15, -0.1) is 0 Å². The minimum absolute atomic E-state index is 0.106. The summed E-state index contributed by atoms with van der Waals surface area (Å²) < 4.78 is 10.6. The molecule has 2 N–H and O–H groups in total. The molecule has 1 fully saturated rings. The van der Waals surface area contributed by atoms with Crippen molar-refractivity contribution in [1.29, 1.82) is 0 Å². The number of nitrogens with zero attached hydrogens (tertiary/aromatic N) is 2. The van der Waals surface area contributed by atoms with Gasteiger partial charge in [0.25, 0.3) is 5.69 Å². The summed E-state index contributed by atoms with van der Waals surface area (Å²) in [7, 11) is 1.42. The maximum atomic E-state index is 11.1. The Kier molecular flexibility index (Phi) is 4.99. The van der Waals surface area contributed by atoms with Crippen LogP contribution >= 0.6 is 0 Å². The van der Waals surface area contributed by atoms with Crippen molar-refractivity contribution in [2.24, 2.45) is 0 Å².